The Morgan fingerprint density at radius 2 is 1.56 bits per heavy atom. The summed E-state index contributed by atoms with van der Waals surface area (Å²) >= 11 is 0. The van der Waals surface area contributed by atoms with Gasteiger partial charge < -0.3 is 4.74 Å². The Labute approximate surface area is 169 Å². The normalized spacial score (nSPS) is 14.7. The molecular weight excluding hydrogens is 328 g/mol. The largest absolute Gasteiger partial charge is 0.494 e. The minimum Gasteiger partial charge on any atom is -0.494 e. The summed E-state index contributed by atoms with van der Waals surface area (Å²) in [6.45, 7) is 3.13. The summed E-state index contributed by atoms with van der Waals surface area (Å²) in [7, 11) is 0. The van der Waals surface area contributed by atoms with Crippen LogP contribution < -0.4 is 4.74 Å². The van der Waals surface area contributed by atoms with E-state index in [1.807, 2.05) is 6.07 Å². The standard InChI is InChI=1S/C26H43O/c1-2-3-4-5-7-11-19-25-20-15-21-26(23-25)27-22-14-9-6-8-10-16-24-17-12-13-18-24/h20-21,23-24H,2-14,16-19,22H2,1H3. The fraction of sp³-hybridized carbons (Fsp3) is 0.769. The maximum Gasteiger partial charge on any atom is 0.120 e. The number of benzene rings is 1. The topological polar surface area (TPSA) is 9.23 Å². The highest BCUT2D eigenvalue weighted by Gasteiger charge is 2.13. The van der Waals surface area contributed by atoms with Crippen LogP contribution in [0.4, 0.5) is 0 Å². The predicted octanol–water partition coefficient (Wildman–Crippen LogP) is 8.30. The van der Waals surface area contributed by atoms with E-state index in [9.17, 15) is 0 Å². The molecule has 0 N–H and O–H groups in total. The van der Waals surface area contributed by atoms with E-state index in [1.54, 1.807) is 0 Å². The lowest BCUT2D eigenvalue weighted by molar-refractivity contribution is 0.303. The van der Waals surface area contributed by atoms with Crippen LogP contribution in [-0.2, 0) is 6.42 Å². The first-order valence-electron chi connectivity index (χ1n) is 12.0. The second kappa shape index (κ2) is 15.0. The summed E-state index contributed by atoms with van der Waals surface area (Å²) in [6, 6.07) is 9.61. The number of hydrogen-bond acceptors (Lipinski definition) is 1. The first kappa shape index (κ1) is 22.3. The molecule has 27 heavy (non-hydrogen) atoms. The molecule has 0 atom stereocenters. The van der Waals surface area contributed by atoms with Crippen LogP contribution in [0, 0.1) is 12.0 Å². The van der Waals surface area contributed by atoms with Crippen molar-refractivity contribution in [1.82, 2.24) is 0 Å². The molecule has 0 amide bonds. The molecule has 1 aliphatic rings. The molecule has 0 aromatic heterocycles. The number of aryl methyl sites for hydroxylation is 1. The Bertz CT molecular complexity index is 461. The molecular formula is C26H43O. The van der Waals surface area contributed by atoms with Gasteiger partial charge in [-0.25, -0.2) is 0 Å². The third kappa shape index (κ3) is 10.8. The molecule has 0 heterocycles. The molecule has 1 aromatic rings. The van der Waals surface area contributed by atoms with Gasteiger partial charge in [0.05, 0.1) is 6.61 Å². The van der Waals surface area contributed by atoms with Crippen LogP contribution in [0.2, 0.25) is 0 Å². The number of unbranched alkanes of at least 4 members (excludes halogenated alkanes) is 9. The van der Waals surface area contributed by atoms with E-state index in [4.69, 9.17) is 4.74 Å². The molecule has 1 fully saturated rings. The fourth-order valence-electron chi connectivity index (χ4n) is 4.39. The second-order valence-electron chi connectivity index (χ2n) is 8.65. The molecule has 1 nitrogen and oxygen atoms in total. The minimum atomic E-state index is 0.858. The van der Waals surface area contributed by atoms with Gasteiger partial charge in [-0.2, -0.15) is 0 Å². The Balaban J connectivity index is 1.45. The monoisotopic (exact) mass is 371 g/mol. The van der Waals surface area contributed by atoms with Gasteiger partial charge in [-0.1, -0.05) is 103 Å². The van der Waals surface area contributed by atoms with E-state index in [-0.39, 0.29) is 0 Å². The lowest BCUT2D eigenvalue weighted by atomic mass is 9.99. The predicted molar refractivity (Wildman–Crippen MR) is 118 cm³/mol. The van der Waals surface area contributed by atoms with Gasteiger partial charge in [0.2, 0.25) is 0 Å². The van der Waals surface area contributed by atoms with Gasteiger partial charge in [0.25, 0.3) is 0 Å². The Kier molecular flexibility index (Phi) is 12.4. The molecule has 1 aliphatic carbocycles. The van der Waals surface area contributed by atoms with Crippen molar-refractivity contribution in [3.8, 4) is 5.75 Å². The lowest BCUT2D eigenvalue weighted by Gasteiger charge is -2.09. The molecule has 0 saturated heterocycles. The molecule has 0 spiro atoms. The molecule has 1 radical (unpaired) electrons. The van der Waals surface area contributed by atoms with Crippen molar-refractivity contribution in [3.05, 3.63) is 29.8 Å². The highest BCUT2D eigenvalue weighted by molar-refractivity contribution is 5.27. The van der Waals surface area contributed by atoms with Gasteiger partial charge in [0.1, 0.15) is 5.75 Å². The molecule has 1 heteroatoms. The molecule has 153 valence electrons. The van der Waals surface area contributed by atoms with Crippen LogP contribution in [0.5, 0.6) is 5.75 Å². The average molecular weight is 372 g/mol. The molecule has 0 unspecified atom stereocenters. The zero-order chi connectivity index (χ0) is 19.0. The molecule has 0 aliphatic heterocycles. The third-order valence-electron chi connectivity index (χ3n) is 6.14. The van der Waals surface area contributed by atoms with Crippen molar-refractivity contribution in [3.63, 3.8) is 0 Å². The van der Waals surface area contributed by atoms with E-state index in [2.05, 4.69) is 25.1 Å². The summed E-state index contributed by atoms with van der Waals surface area (Å²) in [4.78, 5) is 0. The zero-order valence-corrected chi connectivity index (χ0v) is 17.9. The zero-order valence-electron chi connectivity index (χ0n) is 17.9. The third-order valence-corrected chi connectivity index (χ3v) is 6.14. The Morgan fingerprint density at radius 1 is 0.852 bits per heavy atom. The smallest absolute Gasteiger partial charge is 0.120 e. The maximum atomic E-state index is 5.96. The van der Waals surface area contributed by atoms with Crippen LogP contribution in [0.15, 0.2) is 18.2 Å². The average Bonchev–Trinajstić information content (AvgIpc) is 3.20. The van der Waals surface area contributed by atoms with Gasteiger partial charge in [0, 0.05) is 0 Å². The van der Waals surface area contributed by atoms with Crippen molar-refractivity contribution in [2.45, 2.75) is 116 Å². The van der Waals surface area contributed by atoms with E-state index < -0.39 is 0 Å². The summed E-state index contributed by atoms with van der Waals surface area (Å²) in [6.07, 6.45) is 23.5. The van der Waals surface area contributed by atoms with Gasteiger partial charge in [0.15, 0.2) is 0 Å². The van der Waals surface area contributed by atoms with Crippen LogP contribution in [0.3, 0.4) is 0 Å². The number of ether oxygens (including phenoxy) is 1. The SMILES string of the molecule is CCCCCCCCc1c[c]cc(OCCCCCCCC2CCCC2)c1. The van der Waals surface area contributed by atoms with E-state index >= 15 is 0 Å². The van der Waals surface area contributed by atoms with Crippen molar-refractivity contribution in [1.29, 1.82) is 0 Å². The van der Waals surface area contributed by atoms with Crippen molar-refractivity contribution < 1.29 is 4.74 Å². The van der Waals surface area contributed by atoms with Crippen LogP contribution in [-0.4, -0.2) is 6.61 Å². The summed E-state index contributed by atoms with van der Waals surface area (Å²) < 4.78 is 5.96. The van der Waals surface area contributed by atoms with Crippen molar-refractivity contribution in [2.24, 2.45) is 5.92 Å². The summed E-state index contributed by atoms with van der Waals surface area (Å²) in [5.74, 6) is 2.08. The van der Waals surface area contributed by atoms with Crippen molar-refractivity contribution >= 4 is 0 Å². The van der Waals surface area contributed by atoms with Crippen LogP contribution in [0.25, 0.3) is 0 Å². The first-order chi connectivity index (χ1) is 13.4. The minimum absolute atomic E-state index is 0.858. The first-order valence-corrected chi connectivity index (χ1v) is 12.0. The summed E-state index contributed by atoms with van der Waals surface area (Å²) in [5.41, 5.74) is 1.38. The number of rotatable bonds is 16. The molecule has 2 rings (SSSR count). The Hall–Kier alpha value is -0.980. The molecule has 0 bridgehead atoms. The van der Waals surface area contributed by atoms with E-state index in [0.29, 0.717) is 0 Å². The van der Waals surface area contributed by atoms with Gasteiger partial charge in [-0.3, -0.25) is 0 Å². The molecule has 1 aromatic carbocycles. The van der Waals surface area contributed by atoms with E-state index in [0.717, 1.165) is 18.3 Å². The van der Waals surface area contributed by atoms with Gasteiger partial charge >= 0.3 is 0 Å². The second-order valence-corrected chi connectivity index (χ2v) is 8.65. The van der Waals surface area contributed by atoms with Gasteiger partial charge in [-0.15, -0.1) is 0 Å². The quantitative estimate of drug-likeness (QED) is 0.265. The van der Waals surface area contributed by atoms with E-state index in [1.165, 1.54) is 115 Å². The highest BCUT2D eigenvalue weighted by atomic mass is 16.5. The Morgan fingerprint density at radius 3 is 2.37 bits per heavy atom. The number of hydrogen-bond donors (Lipinski definition) is 0. The lowest BCUT2D eigenvalue weighted by Crippen LogP contribution is -1.98. The summed E-state index contributed by atoms with van der Waals surface area (Å²) in [5, 5.41) is 0. The fourth-order valence-corrected chi connectivity index (χ4v) is 4.39. The highest BCUT2D eigenvalue weighted by Crippen LogP contribution is 2.29. The molecule has 1 saturated carbocycles. The van der Waals surface area contributed by atoms with Crippen LogP contribution in [0.1, 0.15) is 115 Å². The maximum absolute atomic E-state index is 5.96. The van der Waals surface area contributed by atoms with Crippen LogP contribution >= 0.6 is 0 Å². The van der Waals surface area contributed by atoms with Gasteiger partial charge in [-0.05, 0) is 48.9 Å². The van der Waals surface area contributed by atoms with Crippen molar-refractivity contribution in [2.75, 3.05) is 6.61 Å².